The van der Waals surface area contributed by atoms with E-state index in [1.807, 2.05) is 12.1 Å². The number of carbonyl (C=O) groups is 1. The molecule has 30 heavy (non-hydrogen) atoms. The summed E-state index contributed by atoms with van der Waals surface area (Å²) in [4.78, 5) is 16.9. The van der Waals surface area contributed by atoms with Gasteiger partial charge in [-0.15, -0.1) is 0 Å². The molecule has 2 heterocycles. The Kier molecular flexibility index (Phi) is 5.06. The van der Waals surface area contributed by atoms with E-state index >= 15 is 0 Å². The van der Waals surface area contributed by atoms with Crippen LogP contribution in [0.3, 0.4) is 0 Å². The van der Waals surface area contributed by atoms with Gasteiger partial charge in [0.25, 0.3) is 0 Å². The highest BCUT2D eigenvalue weighted by molar-refractivity contribution is 5.87. The third-order valence-corrected chi connectivity index (χ3v) is 5.34. The van der Waals surface area contributed by atoms with Crippen LogP contribution in [0.2, 0.25) is 0 Å². The Morgan fingerprint density at radius 2 is 1.93 bits per heavy atom. The number of H-pyrrole nitrogens is 1. The van der Waals surface area contributed by atoms with Gasteiger partial charge in [-0.2, -0.15) is 0 Å². The highest BCUT2D eigenvalue weighted by Gasteiger charge is 2.21. The Hall–Kier alpha value is -3.93. The second kappa shape index (κ2) is 7.83. The number of hydrogen-bond donors (Lipinski definition) is 4. The largest absolute Gasteiger partial charge is 0.507 e. The van der Waals surface area contributed by atoms with Crippen molar-refractivity contribution < 1.29 is 9.90 Å². The number of nitrogen functional groups attached to an aromatic ring is 1. The zero-order chi connectivity index (χ0) is 21.3. The van der Waals surface area contributed by atoms with Gasteiger partial charge in [0.15, 0.2) is 0 Å². The van der Waals surface area contributed by atoms with Gasteiger partial charge in [0.05, 0.1) is 0 Å². The number of para-hydroxylation sites is 1. The molecule has 0 unspecified atom stereocenters. The van der Waals surface area contributed by atoms with Crippen LogP contribution in [0, 0.1) is 0 Å². The van der Waals surface area contributed by atoms with Gasteiger partial charge in [-0.1, -0.05) is 36.9 Å². The predicted octanol–water partition coefficient (Wildman–Crippen LogP) is 3.38. The Bertz CT molecular complexity index is 1160. The number of aromatic nitrogens is 1. The number of nitrogens with two attached hydrogens (primary N) is 2. The Balaban J connectivity index is 1.53. The standard InChI is InChI=1S/C24H24N4O2/c1-2-23(30)28-13-16-8-7-15(9-18(16)14-28)10-19-11-17(24(26)27-19)12-21(25)20-5-3-4-6-22(20)29/h2-9,11-12,27,29H,1,10,13-14,25-26H2/b21-12-. The highest BCUT2D eigenvalue weighted by atomic mass is 16.3. The lowest BCUT2D eigenvalue weighted by molar-refractivity contribution is -0.126. The van der Waals surface area contributed by atoms with Crippen LogP contribution in [-0.4, -0.2) is 20.9 Å². The van der Waals surface area contributed by atoms with Crippen molar-refractivity contribution in [2.24, 2.45) is 5.73 Å². The quantitative estimate of drug-likeness (QED) is 0.492. The maximum atomic E-state index is 11.9. The first-order chi connectivity index (χ1) is 14.4. The maximum absolute atomic E-state index is 11.9. The van der Waals surface area contributed by atoms with Crippen LogP contribution in [0.15, 0.2) is 61.2 Å². The third-order valence-electron chi connectivity index (χ3n) is 5.34. The Morgan fingerprint density at radius 1 is 1.17 bits per heavy atom. The van der Waals surface area contributed by atoms with Gasteiger partial charge in [0.2, 0.25) is 5.91 Å². The topological polar surface area (TPSA) is 108 Å². The fourth-order valence-corrected chi connectivity index (χ4v) is 3.79. The van der Waals surface area contributed by atoms with E-state index in [4.69, 9.17) is 11.5 Å². The summed E-state index contributed by atoms with van der Waals surface area (Å²) in [7, 11) is 0. The Morgan fingerprint density at radius 3 is 2.70 bits per heavy atom. The number of nitrogens with one attached hydrogen (secondary N) is 1. The monoisotopic (exact) mass is 400 g/mol. The lowest BCUT2D eigenvalue weighted by Crippen LogP contribution is -2.22. The first-order valence-electron chi connectivity index (χ1n) is 9.69. The molecule has 6 N–H and O–H groups in total. The molecular formula is C24H24N4O2. The number of nitrogens with zero attached hydrogens (tertiary/aromatic N) is 1. The van der Waals surface area contributed by atoms with E-state index in [0.29, 0.717) is 36.6 Å². The van der Waals surface area contributed by atoms with Crippen molar-refractivity contribution >= 4 is 23.5 Å². The molecule has 0 saturated carbocycles. The number of benzene rings is 2. The fourth-order valence-electron chi connectivity index (χ4n) is 3.79. The minimum atomic E-state index is -0.0524. The van der Waals surface area contributed by atoms with Crippen LogP contribution in [-0.2, 0) is 24.3 Å². The zero-order valence-electron chi connectivity index (χ0n) is 16.6. The van der Waals surface area contributed by atoms with E-state index < -0.39 is 0 Å². The molecule has 0 atom stereocenters. The highest BCUT2D eigenvalue weighted by Crippen LogP contribution is 2.27. The number of rotatable bonds is 5. The molecule has 0 fully saturated rings. The third kappa shape index (κ3) is 3.80. The number of phenols is 1. The molecule has 1 amide bonds. The number of hydrogen-bond acceptors (Lipinski definition) is 4. The van der Waals surface area contributed by atoms with Crippen molar-refractivity contribution in [3.05, 3.63) is 94.7 Å². The molecule has 1 aliphatic rings. The summed E-state index contributed by atoms with van der Waals surface area (Å²) in [6.07, 6.45) is 3.79. The normalized spacial score (nSPS) is 13.3. The van der Waals surface area contributed by atoms with Crippen molar-refractivity contribution in [3.63, 3.8) is 0 Å². The van der Waals surface area contributed by atoms with Crippen molar-refractivity contribution in [3.8, 4) is 5.75 Å². The number of carbonyl (C=O) groups excluding carboxylic acids is 1. The average Bonchev–Trinajstić information content (AvgIpc) is 3.30. The number of phenolic OH excluding ortho intramolecular Hbond substituents is 1. The molecule has 6 nitrogen and oxygen atoms in total. The van der Waals surface area contributed by atoms with Gasteiger partial charge < -0.3 is 26.5 Å². The molecule has 2 aromatic carbocycles. The summed E-state index contributed by atoms with van der Waals surface area (Å²) in [6.45, 7) is 4.79. The number of anilines is 1. The van der Waals surface area contributed by atoms with Gasteiger partial charge in [0.1, 0.15) is 11.6 Å². The molecule has 0 bridgehead atoms. The second-order valence-electron chi connectivity index (χ2n) is 7.46. The van der Waals surface area contributed by atoms with Crippen molar-refractivity contribution in [1.29, 1.82) is 0 Å². The van der Waals surface area contributed by atoms with E-state index in [-0.39, 0.29) is 11.7 Å². The molecule has 0 spiro atoms. The lowest BCUT2D eigenvalue weighted by atomic mass is 10.0. The van der Waals surface area contributed by atoms with E-state index in [9.17, 15) is 9.90 Å². The van der Waals surface area contributed by atoms with Crippen LogP contribution in [0.4, 0.5) is 5.82 Å². The smallest absolute Gasteiger partial charge is 0.246 e. The van der Waals surface area contributed by atoms with E-state index in [2.05, 4.69) is 29.8 Å². The van der Waals surface area contributed by atoms with Gasteiger partial charge in [-0.25, -0.2) is 0 Å². The minimum Gasteiger partial charge on any atom is -0.507 e. The molecule has 0 radical (unpaired) electrons. The number of amides is 1. The molecule has 0 saturated heterocycles. The molecule has 0 aliphatic carbocycles. The van der Waals surface area contributed by atoms with Gasteiger partial charge >= 0.3 is 0 Å². The summed E-state index contributed by atoms with van der Waals surface area (Å²) in [5, 5.41) is 9.98. The molecule has 6 heteroatoms. The van der Waals surface area contributed by atoms with Crippen molar-refractivity contribution in [2.45, 2.75) is 19.5 Å². The molecule has 4 rings (SSSR count). The maximum Gasteiger partial charge on any atom is 0.246 e. The van der Waals surface area contributed by atoms with Gasteiger partial charge in [0, 0.05) is 42.0 Å². The van der Waals surface area contributed by atoms with Crippen LogP contribution in [0.1, 0.15) is 33.5 Å². The SMILES string of the molecule is C=CC(=O)N1Cc2ccc(Cc3cc(/C=C(\N)c4ccccc4O)c(N)[nH]3)cc2C1. The summed E-state index contributed by atoms with van der Waals surface area (Å²) >= 11 is 0. The van der Waals surface area contributed by atoms with E-state index in [1.165, 1.54) is 11.6 Å². The summed E-state index contributed by atoms with van der Waals surface area (Å²) < 4.78 is 0. The summed E-state index contributed by atoms with van der Waals surface area (Å²) in [5.74, 6) is 0.596. The van der Waals surface area contributed by atoms with E-state index in [1.54, 1.807) is 29.2 Å². The molecule has 1 aromatic heterocycles. The first kappa shape index (κ1) is 19.4. The predicted molar refractivity (Wildman–Crippen MR) is 119 cm³/mol. The summed E-state index contributed by atoms with van der Waals surface area (Å²) in [5.41, 5.74) is 18.5. The number of fused-ring (bicyclic) bond motifs is 1. The van der Waals surface area contributed by atoms with Crippen LogP contribution in [0.5, 0.6) is 5.75 Å². The minimum absolute atomic E-state index is 0.0524. The molecule has 1 aliphatic heterocycles. The molecule has 152 valence electrons. The van der Waals surface area contributed by atoms with Crippen LogP contribution >= 0.6 is 0 Å². The number of aromatic hydroxyl groups is 1. The van der Waals surface area contributed by atoms with Crippen molar-refractivity contribution in [1.82, 2.24) is 9.88 Å². The zero-order valence-corrected chi connectivity index (χ0v) is 16.6. The molecule has 3 aromatic rings. The Labute approximate surface area is 175 Å². The van der Waals surface area contributed by atoms with Crippen LogP contribution < -0.4 is 11.5 Å². The van der Waals surface area contributed by atoms with Crippen LogP contribution in [0.25, 0.3) is 11.8 Å². The fraction of sp³-hybridized carbons (Fsp3) is 0.125. The summed E-state index contributed by atoms with van der Waals surface area (Å²) in [6, 6.07) is 15.2. The average molecular weight is 400 g/mol. The van der Waals surface area contributed by atoms with Gasteiger partial charge in [-0.05, 0) is 47.0 Å². The first-order valence-corrected chi connectivity index (χ1v) is 9.69. The lowest BCUT2D eigenvalue weighted by Gasteiger charge is -2.11. The van der Waals surface area contributed by atoms with Crippen molar-refractivity contribution in [2.75, 3.05) is 5.73 Å². The number of aromatic amines is 1. The second-order valence-corrected chi connectivity index (χ2v) is 7.46. The molecular weight excluding hydrogens is 376 g/mol. The van der Waals surface area contributed by atoms with Gasteiger partial charge in [-0.3, -0.25) is 4.79 Å². The van der Waals surface area contributed by atoms with E-state index in [0.717, 1.165) is 22.4 Å².